The topological polar surface area (TPSA) is 95.9 Å². The summed E-state index contributed by atoms with van der Waals surface area (Å²) in [6.07, 6.45) is 4.15. The Balaban J connectivity index is 1.52. The maximum Gasteiger partial charge on any atom is 0.320 e. The van der Waals surface area contributed by atoms with Gasteiger partial charge in [-0.2, -0.15) is 4.31 Å². The molecule has 3 atom stereocenters. The third-order valence-corrected chi connectivity index (χ3v) is 8.46. The highest BCUT2D eigenvalue weighted by molar-refractivity contribution is 7.88. The number of rotatable bonds is 5. The molecule has 0 aliphatic carbocycles. The van der Waals surface area contributed by atoms with E-state index in [0.29, 0.717) is 49.3 Å². The highest BCUT2D eigenvalue weighted by Crippen LogP contribution is 2.38. The number of aromatic nitrogens is 2. The molecule has 0 bridgehead atoms. The number of carbonyl (C=O) groups is 1. The van der Waals surface area contributed by atoms with E-state index >= 15 is 0 Å². The number of likely N-dealkylation sites (tertiary alicyclic amines) is 1. The highest BCUT2D eigenvalue weighted by Gasteiger charge is 2.42. The molecule has 184 valence electrons. The Morgan fingerprint density at radius 1 is 1.06 bits per heavy atom. The van der Waals surface area contributed by atoms with Crippen molar-refractivity contribution in [1.29, 1.82) is 0 Å². The van der Waals surface area contributed by atoms with Gasteiger partial charge in [0.25, 0.3) is 0 Å². The van der Waals surface area contributed by atoms with Crippen molar-refractivity contribution in [1.82, 2.24) is 24.1 Å². The second-order valence-electron chi connectivity index (χ2n) is 8.63. The molecule has 12 heteroatoms. The summed E-state index contributed by atoms with van der Waals surface area (Å²) in [5.41, 5.74) is 0.973. The van der Waals surface area contributed by atoms with E-state index in [0.717, 1.165) is 5.56 Å². The first-order valence-electron chi connectivity index (χ1n) is 11.0. The molecule has 2 aliphatic rings. The number of urea groups is 1. The largest absolute Gasteiger partial charge is 0.460 e. The average molecular weight is 528 g/mol. The van der Waals surface area contributed by atoms with Crippen molar-refractivity contribution >= 4 is 39.3 Å². The predicted octanol–water partition coefficient (Wildman–Crippen LogP) is 2.96. The fraction of sp³-hybridized carbons (Fsp3) is 0.500. The quantitative estimate of drug-likeness (QED) is 0.592. The molecule has 4 rings (SSSR count). The number of sulfonamides is 1. The first-order valence-corrected chi connectivity index (χ1v) is 13.6. The molecule has 0 N–H and O–H groups in total. The number of ether oxygens (including phenoxy) is 1. The molecule has 2 fully saturated rings. The highest BCUT2D eigenvalue weighted by atomic mass is 35.5. The van der Waals surface area contributed by atoms with E-state index in [-0.39, 0.29) is 30.0 Å². The molecule has 9 nitrogen and oxygen atoms in total. The van der Waals surface area contributed by atoms with Gasteiger partial charge in [0.1, 0.15) is 6.10 Å². The third-order valence-electron chi connectivity index (χ3n) is 6.42. The number of hydrogen-bond acceptors (Lipinski definition) is 6. The van der Waals surface area contributed by atoms with Crippen molar-refractivity contribution in [3.05, 3.63) is 52.3 Å². The SMILES string of the molecule is C[C@@H](Oc1ncccn1)C1CN(C(=O)N2CCN(S(C)(=O)=O)CC2)CC1c1ccc(Cl)c(Cl)c1. The van der Waals surface area contributed by atoms with Gasteiger partial charge in [0.05, 0.1) is 16.3 Å². The van der Waals surface area contributed by atoms with Gasteiger partial charge in [-0.25, -0.2) is 23.2 Å². The standard InChI is InChI=1S/C22H27Cl2N5O4S/c1-15(33-21-25-6-3-7-26-21)17-13-28(14-18(17)16-4-5-19(23)20(24)12-16)22(30)27-8-10-29(11-9-27)34(2,31)32/h3-7,12,15,17-18H,8-11,13-14H2,1-2H3/t15-,17?,18?/m1/s1. The van der Waals surface area contributed by atoms with Gasteiger partial charge >= 0.3 is 12.0 Å². The van der Waals surface area contributed by atoms with Crippen LogP contribution in [0.5, 0.6) is 6.01 Å². The van der Waals surface area contributed by atoms with Crippen molar-refractivity contribution in [2.24, 2.45) is 5.92 Å². The van der Waals surface area contributed by atoms with Gasteiger partial charge in [0.15, 0.2) is 0 Å². The molecule has 0 spiro atoms. The van der Waals surface area contributed by atoms with Gasteiger partial charge in [0.2, 0.25) is 10.0 Å². The lowest BCUT2D eigenvalue weighted by Gasteiger charge is -2.35. The Morgan fingerprint density at radius 2 is 1.74 bits per heavy atom. The van der Waals surface area contributed by atoms with Crippen molar-refractivity contribution in [2.45, 2.75) is 18.9 Å². The smallest absolute Gasteiger partial charge is 0.320 e. The molecule has 2 aliphatic heterocycles. The third kappa shape index (κ3) is 5.56. The summed E-state index contributed by atoms with van der Waals surface area (Å²) in [5.74, 6) is -0.0722. The van der Waals surface area contributed by atoms with Crippen molar-refractivity contribution < 1.29 is 17.9 Å². The minimum absolute atomic E-state index is 0.0327. The second kappa shape index (κ2) is 10.2. The zero-order valence-electron chi connectivity index (χ0n) is 19.0. The lowest BCUT2D eigenvalue weighted by molar-refractivity contribution is 0.123. The summed E-state index contributed by atoms with van der Waals surface area (Å²) in [5, 5.41) is 0.929. The van der Waals surface area contributed by atoms with Crippen LogP contribution in [0.2, 0.25) is 10.0 Å². The molecule has 1 aromatic heterocycles. The fourth-order valence-electron chi connectivity index (χ4n) is 4.57. The monoisotopic (exact) mass is 527 g/mol. The van der Waals surface area contributed by atoms with Gasteiger partial charge in [-0.05, 0) is 30.7 Å². The molecule has 0 saturated carbocycles. The zero-order valence-corrected chi connectivity index (χ0v) is 21.3. The normalized spacial score (nSPS) is 22.6. The average Bonchev–Trinajstić information content (AvgIpc) is 3.26. The van der Waals surface area contributed by atoms with Gasteiger partial charge in [-0.1, -0.05) is 29.3 Å². The number of halogens is 2. The first-order chi connectivity index (χ1) is 16.1. The van der Waals surface area contributed by atoms with E-state index in [1.165, 1.54) is 10.6 Å². The van der Waals surface area contributed by atoms with Crippen LogP contribution in [0.25, 0.3) is 0 Å². The summed E-state index contributed by atoms with van der Waals surface area (Å²) in [4.78, 5) is 25.2. The molecule has 2 aromatic rings. The first kappa shape index (κ1) is 25.0. The van der Waals surface area contributed by atoms with Crippen LogP contribution in [-0.2, 0) is 10.0 Å². The predicted molar refractivity (Wildman–Crippen MR) is 130 cm³/mol. The maximum atomic E-state index is 13.4. The summed E-state index contributed by atoms with van der Waals surface area (Å²) >= 11 is 12.4. The van der Waals surface area contributed by atoms with E-state index in [1.807, 2.05) is 19.1 Å². The maximum absolute atomic E-state index is 13.4. The number of carbonyl (C=O) groups excluding carboxylic acids is 1. The van der Waals surface area contributed by atoms with Gasteiger partial charge in [0, 0.05) is 63.5 Å². The van der Waals surface area contributed by atoms with E-state index < -0.39 is 10.0 Å². The summed E-state index contributed by atoms with van der Waals surface area (Å²) in [7, 11) is -3.27. The number of piperazine rings is 1. The zero-order chi connectivity index (χ0) is 24.5. The van der Waals surface area contributed by atoms with Crippen LogP contribution in [0.15, 0.2) is 36.7 Å². The molecule has 0 radical (unpaired) electrons. The Labute approximate surface area is 209 Å². The molecule has 2 amide bonds. The Morgan fingerprint density at radius 3 is 2.35 bits per heavy atom. The lowest BCUT2D eigenvalue weighted by Crippen LogP contribution is -2.53. The molecular formula is C22H27Cl2N5O4S. The lowest BCUT2D eigenvalue weighted by atomic mass is 9.86. The molecule has 2 saturated heterocycles. The van der Waals surface area contributed by atoms with Crippen LogP contribution in [0.1, 0.15) is 18.4 Å². The van der Waals surface area contributed by atoms with Crippen LogP contribution in [0, 0.1) is 5.92 Å². The van der Waals surface area contributed by atoms with E-state index in [1.54, 1.807) is 34.3 Å². The van der Waals surface area contributed by atoms with Crippen LogP contribution in [-0.4, -0.2) is 90.2 Å². The van der Waals surface area contributed by atoms with Crippen molar-refractivity contribution in [2.75, 3.05) is 45.5 Å². The van der Waals surface area contributed by atoms with Crippen molar-refractivity contribution in [3.8, 4) is 6.01 Å². The van der Waals surface area contributed by atoms with E-state index in [2.05, 4.69) is 9.97 Å². The Kier molecular flexibility index (Phi) is 7.51. The van der Waals surface area contributed by atoms with Crippen LogP contribution in [0.3, 0.4) is 0 Å². The van der Waals surface area contributed by atoms with E-state index in [9.17, 15) is 13.2 Å². The number of benzene rings is 1. The minimum atomic E-state index is -3.27. The molecular weight excluding hydrogens is 501 g/mol. The summed E-state index contributed by atoms with van der Waals surface area (Å²) < 4.78 is 31.0. The molecule has 34 heavy (non-hydrogen) atoms. The van der Waals surface area contributed by atoms with Gasteiger partial charge in [-0.3, -0.25) is 0 Å². The van der Waals surface area contributed by atoms with E-state index in [4.69, 9.17) is 27.9 Å². The number of nitrogens with zero attached hydrogens (tertiary/aromatic N) is 5. The minimum Gasteiger partial charge on any atom is -0.460 e. The van der Waals surface area contributed by atoms with Gasteiger partial charge in [-0.15, -0.1) is 0 Å². The van der Waals surface area contributed by atoms with Crippen molar-refractivity contribution in [3.63, 3.8) is 0 Å². The van der Waals surface area contributed by atoms with Crippen LogP contribution in [0.4, 0.5) is 4.79 Å². The molecule has 3 heterocycles. The van der Waals surface area contributed by atoms with Crippen LogP contribution >= 0.6 is 23.2 Å². The molecule has 2 unspecified atom stereocenters. The van der Waals surface area contributed by atoms with Gasteiger partial charge < -0.3 is 14.5 Å². The Hall–Kier alpha value is -2.14. The number of amides is 2. The summed E-state index contributed by atoms with van der Waals surface area (Å²) in [6, 6.07) is 7.42. The molecule has 1 aromatic carbocycles. The second-order valence-corrected chi connectivity index (χ2v) is 11.4. The van der Waals surface area contributed by atoms with Crippen LogP contribution < -0.4 is 4.74 Å². The fourth-order valence-corrected chi connectivity index (χ4v) is 5.70. The summed E-state index contributed by atoms with van der Waals surface area (Å²) in [6.45, 7) is 4.21. The number of hydrogen-bond donors (Lipinski definition) is 0. The Bertz CT molecular complexity index is 1130.